The normalized spacial score (nSPS) is 17.8. The van der Waals surface area contributed by atoms with Gasteiger partial charge in [-0.1, -0.05) is 12.8 Å². The Morgan fingerprint density at radius 1 is 1.40 bits per heavy atom. The van der Waals surface area contributed by atoms with Crippen LogP contribution in [0.1, 0.15) is 32.1 Å². The molecule has 5 heteroatoms. The lowest BCUT2D eigenvalue weighted by molar-refractivity contribution is 0.134. The Bertz CT molecular complexity index is 396. The van der Waals surface area contributed by atoms with Crippen LogP contribution in [0.3, 0.4) is 0 Å². The second-order valence-electron chi connectivity index (χ2n) is 5.98. The second-order valence-corrected chi connectivity index (χ2v) is 5.98. The number of nitrogens with one attached hydrogen (secondary N) is 1. The van der Waals surface area contributed by atoms with E-state index >= 15 is 0 Å². The van der Waals surface area contributed by atoms with Crippen LogP contribution in [0.2, 0.25) is 0 Å². The first kappa shape index (κ1) is 15.3. The van der Waals surface area contributed by atoms with Crippen LogP contribution in [0.5, 0.6) is 0 Å². The van der Waals surface area contributed by atoms with Crippen LogP contribution < -0.4 is 5.32 Å². The highest BCUT2D eigenvalue weighted by Gasteiger charge is 2.36. The topological polar surface area (TPSA) is 42.3 Å². The maximum atomic E-state index is 5.07. The van der Waals surface area contributed by atoms with E-state index in [2.05, 4.69) is 40.1 Å². The van der Waals surface area contributed by atoms with Gasteiger partial charge in [0.1, 0.15) is 0 Å². The third-order valence-electron chi connectivity index (χ3n) is 4.47. The van der Waals surface area contributed by atoms with E-state index in [1.54, 1.807) is 7.11 Å². The number of methoxy groups -OCH3 is 1. The van der Waals surface area contributed by atoms with Crippen LogP contribution in [0.15, 0.2) is 12.4 Å². The van der Waals surface area contributed by atoms with E-state index in [4.69, 9.17) is 4.74 Å². The van der Waals surface area contributed by atoms with Gasteiger partial charge in [0, 0.05) is 44.7 Å². The number of hydrogen-bond acceptors (Lipinski definition) is 4. The van der Waals surface area contributed by atoms with Gasteiger partial charge in [-0.2, -0.15) is 0 Å². The van der Waals surface area contributed by atoms with Crippen LogP contribution in [-0.4, -0.2) is 54.3 Å². The number of nitrogens with zero attached hydrogens (tertiary/aromatic N) is 3. The van der Waals surface area contributed by atoms with Crippen molar-refractivity contribution < 1.29 is 4.74 Å². The van der Waals surface area contributed by atoms with E-state index in [0.29, 0.717) is 5.54 Å². The molecule has 1 aliphatic rings. The second kappa shape index (κ2) is 7.09. The van der Waals surface area contributed by atoms with Crippen LogP contribution in [-0.2, 0) is 11.3 Å². The first-order valence-corrected chi connectivity index (χ1v) is 7.59. The van der Waals surface area contributed by atoms with E-state index in [1.807, 2.05) is 6.20 Å². The summed E-state index contributed by atoms with van der Waals surface area (Å²) in [6.45, 7) is 2.71. The van der Waals surface area contributed by atoms with Gasteiger partial charge < -0.3 is 19.5 Å². The number of rotatable bonds is 8. The van der Waals surface area contributed by atoms with Crippen LogP contribution in [0.25, 0.3) is 0 Å². The summed E-state index contributed by atoms with van der Waals surface area (Å²) in [6.07, 6.45) is 10.2. The van der Waals surface area contributed by atoms with Crippen LogP contribution in [0, 0.1) is 0 Å². The van der Waals surface area contributed by atoms with Gasteiger partial charge in [-0.25, -0.2) is 4.98 Å². The minimum absolute atomic E-state index is 0.295. The van der Waals surface area contributed by atoms with E-state index in [1.165, 1.54) is 25.7 Å². The summed E-state index contributed by atoms with van der Waals surface area (Å²) >= 11 is 0. The van der Waals surface area contributed by atoms with Gasteiger partial charge in [-0.15, -0.1) is 0 Å². The molecule has 1 aliphatic carbocycles. The maximum Gasteiger partial charge on any atom is 0.202 e. The fourth-order valence-electron chi connectivity index (χ4n) is 3.12. The van der Waals surface area contributed by atoms with Crippen molar-refractivity contribution in [2.45, 2.75) is 44.2 Å². The molecule has 1 aromatic rings. The summed E-state index contributed by atoms with van der Waals surface area (Å²) in [5, 5.41) is 3.41. The molecular weight excluding hydrogens is 252 g/mol. The van der Waals surface area contributed by atoms with Crippen molar-refractivity contribution in [3.8, 4) is 0 Å². The molecule has 0 aliphatic heterocycles. The lowest BCUT2D eigenvalue weighted by Gasteiger charge is -2.37. The summed E-state index contributed by atoms with van der Waals surface area (Å²) in [5.74, 6) is 0.981. The van der Waals surface area contributed by atoms with Crippen molar-refractivity contribution in [3.63, 3.8) is 0 Å². The minimum Gasteiger partial charge on any atom is -0.385 e. The highest BCUT2D eigenvalue weighted by atomic mass is 16.5. The Labute approximate surface area is 122 Å². The van der Waals surface area contributed by atoms with Crippen LogP contribution in [0.4, 0.5) is 5.95 Å². The zero-order valence-electron chi connectivity index (χ0n) is 13.1. The molecule has 1 aromatic heterocycles. The summed E-state index contributed by atoms with van der Waals surface area (Å²) in [5.41, 5.74) is 0.295. The van der Waals surface area contributed by atoms with Crippen LogP contribution >= 0.6 is 0 Å². The number of likely N-dealkylation sites (N-methyl/N-ethyl adjacent to an activating group) is 1. The predicted octanol–water partition coefficient (Wildman–Crippen LogP) is 2.21. The highest BCUT2D eigenvalue weighted by Crippen LogP contribution is 2.35. The van der Waals surface area contributed by atoms with Gasteiger partial charge in [-0.3, -0.25) is 0 Å². The van der Waals surface area contributed by atoms with E-state index in [9.17, 15) is 0 Å². The molecule has 0 aromatic carbocycles. The molecule has 0 radical (unpaired) electrons. The predicted molar refractivity (Wildman–Crippen MR) is 82.1 cm³/mol. The molecule has 114 valence electrons. The van der Waals surface area contributed by atoms with E-state index < -0.39 is 0 Å². The SMILES string of the molecule is COCCCNc1nccn1CC1(N(C)C)CCCC1. The van der Waals surface area contributed by atoms with Gasteiger partial charge in [-0.05, 0) is 33.4 Å². The van der Waals surface area contributed by atoms with Gasteiger partial charge in [0.05, 0.1) is 0 Å². The van der Waals surface area contributed by atoms with Crippen molar-refractivity contribution in [3.05, 3.63) is 12.4 Å². The van der Waals surface area contributed by atoms with E-state index in [0.717, 1.165) is 32.1 Å². The van der Waals surface area contributed by atoms with Crippen molar-refractivity contribution in [2.75, 3.05) is 39.7 Å². The smallest absolute Gasteiger partial charge is 0.202 e. The number of anilines is 1. The lowest BCUT2D eigenvalue weighted by Crippen LogP contribution is -2.45. The van der Waals surface area contributed by atoms with Gasteiger partial charge >= 0.3 is 0 Å². The fourth-order valence-corrected chi connectivity index (χ4v) is 3.12. The Morgan fingerprint density at radius 2 is 2.15 bits per heavy atom. The first-order chi connectivity index (χ1) is 9.68. The highest BCUT2D eigenvalue weighted by molar-refractivity contribution is 5.26. The zero-order valence-corrected chi connectivity index (χ0v) is 13.1. The Morgan fingerprint density at radius 3 is 2.80 bits per heavy atom. The molecule has 0 spiro atoms. The molecule has 0 unspecified atom stereocenters. The molecule has 0 bridgehead atoms. The van der Waals surface area contributed by atoms with Crippen molar-refractivity contribution in [1.82, 2.24) is 14.5 Å². The fraction of sp³-hybridized carbons (Fsp3) is 0.800. The molecule has 2 rings (SSSR count). The van der Waals surface area contributed by atoms with E-state index in [-0.39, 0.29) is 0 Å². The molecule has 1 saturated carbocycles. The summed E-state index contributed by atoms with van der Waals surface area (Å²) < 4.78 is 7.33. The summed E-state index contributed by atoms with van der Waals surface area (Å²) in [6, 6.07) is 0. The quantitative estimate of drug-likeness (QED) is 0.741. The van der Waals surface area contributed by atoms with Gasteiger partial charge in [0.15, 0.2) is 0 Å². The third-order valence-corrected chi connectivity index (χ3v) is 4.47. The summed E-state index contributed by atoms with van der Waals surface area (Å²) in [7, 11) is 6.14. The van der Waals surface area contributed by atoms with Crippen molar-refractivity contribution >= 4 is 5.95 Å². The molecule has 1 fully saturated rings. The first-order valence-electron chi connectivity index (χ1n) is 7.59. The lowest BCUT2D eigenvalue weighted by atomic mass is 9.96. The molecule has 1 heterocycles. The molecule has 1 N–H and O–H groups in total. The molecule has 5 nitrogen and oxygen atoms in total. The maximum absolute atomic E-state index is 5.07. The Hall–Kier alpha value is -1.07. The van der Waals surface area contributed by atoms with Crippen molar-refractivity contribution in [1.29, 1.82) is 0 Å². The minimum atomic E-state index is 0.295. The average molecular weight is 280 g/mol. The third kappa shape index (κ3) is 3.52. The zero-order chi connectivity index (χ0) is 14.4. The number of hydrogen-bond donors (Lipinski definition) is 1. The largest absolute Gasteiger partial charge is 0.385 e. The standard InChI is InChI=1S/C15H28N4O/c1-18(2)15(7-4-5-8-15)13-19-11-10-17-14(19)16-9-6-12-20-3/h10-11H,4-9,12-13H2,1-3H3,(H,16,17). The van der Waals surface area contributed by atoms with Gasteiger partial charge in [0.25, 0.3) is 0 Å². The number of ether oxygens (including phenoxy) is 1. The number of imidazole rings is 1. The molecule has 20 heavy (non-hydrogen) atoms. The molecule has 0 saturated heterocycles. The van der Waals surface area contributed by atoms with Gasteiger partial charge in [0.2, 0.25) is 5.95 Å². The Balaban J connectivity index is 1.97. The number of aromatic nitrogens is 2. The average Bonchev–Trinajstić information content (AvgIpc) is 3.06. The monoisotopic (exact) mass is 280 g/mol. The molecular formula is C15H28N4O. The molecule has 0 atom stereocenters. The Kier molecular flexibility index (Phi) is 5.43. The molecule has 0 amide bonds. The van der Waals surface area contributed by atoms with Crippen molar-refractivity contribution in [2.24, 2.45) is 0 Å². The summed E-state index contributed by atoms with van der Waals surface area (Å²) in [4.78, 5) is 6.84.